The minimum atomic E-state index is 0.138. The lowest BCUT2D eigenvalue weighted by Crippen LogP contribution is -1.92. The molecule has 0 aromatic heterocycles. The van der Waals surface area contributed by atoms with Gasteiger partial charge in [0, 0.05) is 17.5 Å². The second kappa shape index (κ2) is 10.7. The SMILES string of the molecule is Oc1cccc(O)c1CCc1ccccc1.Oc1cccc(O)c1Cc1ccccc1. The maximum atomic E-state index is 9.61. The Bertz CT molecular complexity index is 1050. The molecule has 0 saturated heterocycles. The minimum absolute atomic E-state index is 0.138. The second-order valence-corrected chi connectivity index (χ2v) is 7.20. The Morgan fingerprint density at radius 2 is 0.806 bits per heavy atom. The van der Waals surface area contributed by atoms with Crippen molar-refractivity contribution in [1.82, 2.24) is 0 Å². The second-order valence-electron chi connectivity index (χ2n) is 7.20. The molecule has 0 spiro atoms. The Morgan fingerprint density at radius 3 is 1.29 bits per heavy atom. The zero-order chi connectivity index (χ0) is 22.1. The largest absolute Gasteiger partial charge is 0.508 e. The van der Waals surface area contributed by atoms with Crippen LogP contribution in [0.2, 0.25) is 0 Å². The Kier molecular flexibility index (Phi) is 7.55. The summed E-state index contributed by atoms with van der Waals surface area (Å²) in [7, 11) is 0. The molecule has 0 saturated carbocycles. The highest BCUT2D eigenvalue weighted by Crippen LogP contribution is 2.29. The fourth-order valence-corrected chi connectivity index (χ4v) is 3.28. The molecular weight excluding hydrogens is 388 g/mol. The smallest absolute Gasteiger partial charge is 0.122 e. The van der Waals surface area contributed by atoms with Crippen LogP contribution in [0.25, 0.3) is 0 Å². The average Bonchev–Trinajstić information content (AvgIpc) is 2.78. The van der Waals surface area contributed by atoms with Crippen molar-refractivity contribution >= 4 is 0 Å². The number of aromatic hydroxyl groups is 4. The summed E-state index contributed by atoms with van der Waals surface area (Å²) in [5.41, 5.74) is 3.45. The molecule has 0 aliphatic heterocycles. The maximum absolute atomic E-state index is 9.61. The van der Waals surface area contributed by atoms with E-state index in [0.29, 0.717) is 24.0 Å². The van der Waals surface area contributed by atoms with E-state index in [1.54, 1.807) is 36.4 Å². The third kappa shape index (κ3) is 6.28. The molecule has 0 aliphatic rings. The Labute approximate surface area is 182 Å². The highest BCUT2D eigenvalue weighted by Gasteiger charge is 2.07. The van der Waals surface area contributed by atoms with Crippen LogP contribution in [0.3, 0.4) is 0 Å². The van der Waals surface area contributed by atoms with E-state index in [9.17, 15) is 20.4 Å². The number of phenolic OH excluding ortho intramolecular Hbond substituents is 4. The van der Waals surface area contributed by atoms with E-state index in [0.717, 1.165) is 12.0 Å². The highest BCUT2D eigenvalue weighted by atomic mass is 16.3. The molecule has 4 N–H and O–H groups in total. The molecule has 0 amide bonds. The third-order valence-electron chi connectivity index (χ3n) is 4.98. The van der Waals surface area contributed by atoms with Crippen molar-refractivity contribution in [1.29, 1.82) is 0 Å². The molecule has 4 heteroatoms. The monoisotopic (exact) mass is 414 g/mol. The molecule has 0 unspecified atom stereocenters. The number of aryl methyl sites for hydroxylation is 1. The normalized spacial score (nSPS) is 10.2. The fourth-order valence-electron chi connectivity index (χ4n) is 3.28. The van der Waals surface area contributed by atoms with Gasteiger partial charge in [0.2, 0.25) is 0 Å². The molecule has 4 nitrogen and oxygen atoms in total. The van der Waals surface area contributed by atoms with Gasteiger partial charge in [0.15, 0.2) is 0 Å². The van der Waals surface area contributed by atoms with Gasteiger partial charge in [0.05, 0.1) is 0 Å². The number of phenols is 4. The van der Waals surface area contributed by atoms with Gasteiger partial charge >= 0.3 is 0 Å². The summed E-state index contributed by atoms with van der Waals surface area (Å²) in [5, 5.41) is 38.4. The molecule has 4 rings (SSSR count). The van der Waals surface area contributed by atoms with Gasteiger partial charge in [0.25, 0.3) is 0 Å². The number of hydrogen-bond acceptors (Lipinski definition) is 4. The first kappa shape index (κ1) is 21.8. The van der Waals surface area contributed by atoms with Crippen molar-refractivity contribution in [2.24, 2.45) is 0 Å². The molecule has 31 heavy (non-hydrogen) atoms. The lowest BCUT2D eigenvalue weighted by atomic mass is 10.0. The Hall–Kier alpha value is -3.92. The van der Waals surface area contributed by atoms with E-state index in [2.05, 4.69) is 0 Å². The molecule has 0 radical (unpaired) electrons. The summed E-state index contributed by atoms with van der Waals surface area (Å²) >= 11 is 0. The van der Waals surface area contributed by atoms with Crippen molar-refractivity contribution in [3.05, 3.63) is 119 Å². The Morgan fingerprint density at radius 1 is 0.387 bits per heavy atom. The summed E-state index contributed by atoms with van der Waals surface area (Å²) in [6.07, 6.45) is 1.99. The van der Waals surface area contributed by atoms with E-state index in [1.165, 1.54) is 5.56 Å². The van der Waals surface area contributed by atoms with Gasteiger partial charge in [0.1, 0.15) is 23.0 Å². The first-order valence-electron chi connectivity index (χ1n) is 10.1. The van der Waals surface area contributed by atoms with Crippen LogP contribution in [0, 0.1) is 0 Å². The van der Waals surface area contributed by atoms with E-state index >= 15 is 0 Å². The van der Waals surface area contributed by atoms with E-state index < -0.39 is 0 Å². The highest BCUT2D eigenvalue weighted by molar-refractivity contribution is 5.46. The molecule has 158 valence electrons. The molecule has 0 aliphatic carbocycles. The first-order chi connectivity index (χ1) is 15.0. The van der Waals surface area contributed by atoms with Gasteiger partial charge in [-0.15, -0.1) is 0 Å². The van der Waals surface area contributed by atoms with Crippen LogP contribution in [0.1, 0.15) is 22.3 Å². The van der Waals surface area contributed by atoms with Crippen molar-refractivity contribution in [3.8, 4) is 23.0 Å². The molecular formula is C27H26O4. The number of rotatable bonds is 5. The Balaban J connectivity index is 0.000000176. The van der Waals surface area contributed by atoms with Crippen molar-refractivity contribution in [2.45, 2.75) is 19.3 Å². The molecule has 4 aromatic rings. The molecule has 4 aromatic carbocycles. The summed E-state index contributed by atoms with van der Waals surface area (Å²) < 4.78 is 0. The van der Waals surface area contributed by atoms with Crippen LogP contribution in [0.5, 0.6) is 23.0 Å². The topological polar surface area (TPSA) is 80.9 Å². The summed E-state index contributed by atoms with van der Waals surface area (Å²) in [6.45, 7) is 0. The van der Waals surface area contributed by atoms with Gasteiger partial charge in [-0.05, 0) is 48.2 Å². The van der Waals surface area contributed by atoms with Crippen LogP contribution >= 0.6 is 0 Å². The fraction of sp³-hybridized carbons (Fsp3) is 0.111. The average molecular weight is 415 g/mol. The number of hydrogen-bond donors (Lipinski definition) is 4. The van der Waals surface area contributed by atoms with Crippen molar-refractivity contribution in [2.75, 3.05) is 0 Å². The predicted octanol–water partition coefficient (Wildman–Crippen LogP) is 5.57. The quantitative estimate of drug-likeness (QED) is 0.344. The van der Waals surface area contributed by atoms with Gasteiger partial charge in [-0.25, -0.2) is 0 Å². The van der Waals surface area contributed by atoms with Crippen LogP contribution < -0.4 is 0 Å². The van der Waals surface area contributed by atoms with Crippen molar-refractivity contribution < 1.29 is 20.4 Å². The zero-order valence-electron chi connectivity index (χ0n) is 17.1. The van der Waals surface area contributed by atoms with E-state index in [1.807, 2.05) is 60.7 Å². The predicted molar refractivity (Wildman–Crippen MR) is 123 cm³/mol. The van der Waals surface area contributed by atoms with Gasteiger partial charge in [-0.2, -0.15) is 0 Å². The minimum Gasteiger partial charge on any atom is -0.508 e. The summed E-state index contributed by atoms with van der Waals surface area (Å²) in [6, 6.07) is 29.4. The van der Waals surface area contributed by atoms with Gasteiger partial charge in [-0.1, -0.05) is 72.8 Å². The van der Waals surface area contributed by atoms with Crippen LogP contribution in [-0.2, 0) is 19.3 Å². The maximum Gasteiger partial charge on any atom is 0.122 e. The van der Waals surface area contributed by atoms with Crippen LogP contribution in [0.4, 0.5) is 0 Å². The molecule has 0 fully saturated rings. The van der Waals surface area contributed by atoms with Gasteiger partial charge < -0.3 is 20.4 Å². The lowest BCUT2D eigenvalue weighted by Gasteiger charge is -2.06. The standard InChI is InChI=1S/C14H14O2.C13H12O2/c15-13-7-4-8-14(16)12(13)10-9-11-5-2-1-3-6-11;14-12-7-4-8-13(15)11(12)9-10-5-2-1-3-6-10/h1-8,15-16H,9-10H2;1-8,14-15H,9H2. The summed E-state index contributed by atoms with van der Waals surface area (Å²) in [4.78, 5) is 0. The van der Waals surface area contributed by atoms with Crippen molar-refractivity contribution in [3.63, 3.8) is 0 Å². The molecule has 0 heterocycles. The first-order valence-corrected chi connectivity index (χ1v) is 10.1. The number of benzene rings is 4. The van der Waals surface area contributed by atoms with E-state index in [4.69, 9.17) is 0 Å². The third-order valence-corrected chi connectivity index (χ3v) is 4.98. The molecule has 0 bridgehead atoms. The zero-order valence-corrected chi connectivity index (χ0v) is 17.1. The van der Waals surface area contributed by atoms with Gasteiger partial charge in [-0.3, -0.25) is 0 Å². The molecule has 0 atom stereocenters. The summed E-state index contributed by atoms with van der Waals surface area (Å²) in [5.74, 6) is 0.601. The lowest BCUT2D eigenvalue weighted by molar-refractivity contribution is 0.438. The van der Waals surface area contributed by atoms with Crippen LogP contribution in [0.15, 0.2) is 97.1 Å². The van der Waals surface area contributed by atoms with Crippen LogP contribution in [-0.4, -0.2) is 20.4 Å². The van der Waals surface area contributed by atoms with E-state index in [-0.39, 0.29) is 23.0 Å².